The number of alkyl carbamates (subject to hydrolysis) is 1. The number of phenols is 1. The van der Waals surface area contributed by atoms with Crippen LogP contribution in [0.4, 0.5) is 4.79 Å². The zero-order chi connectivity index (χ0) is 18.5. The van der Waals surface area contributed by atoms with Gasteiger partial charge in [0.1, 0.15) is 18.4 Å². The molecule has 2 aromatic carbocycles. The number of carboxylic acid groups (broad SMARTS) is 1. The lowest BCUT2D eigenvalue weighted by Gasteiger charge is -2.14. The molecule has 26 heavy (non-hydrogen) atoms. The predicted octanol–water partition coefficient (Wildman–Crippen LogP) is 2.80. The van der Waals surface area contributed by atoms with Crippen LogP contribution >= 0.6 is 0 Å². The van der Waals surface area contributed by atoms with Crippen molar-refractivity contribution in [3.8, 4) is 5.75 Å². The van der Waals surface area contributed by atoms with E-state index in [4.69, 9.17) is 4.74 Å². The monoisotopic (exact) mass is 354 g/mol. The van der Waals surface area contributed by atoms with Gasteiger partial charge in [0.15, 0.2) is 0 Å². The number of amides is 1. The minimum absolute atomic E-state index is 0.00729. The number of hydrogen-bond donors (Lipinski definition) is 4. The molecule has 134 valence electrons. The second kappa shape index (κ2) is 7.60. The molecular weight excluding hydrogens is 336 g/mol. The number of carbonyl (C=O) groups is 2. The Morgan fingerprint density at radius 2 is 1.88 bits per heavy atom. The van der Waals surface area contributed by atoms with Crippen molar-refractivity contribution in [2.45, 2.75) is 19.1 Å². The Morgan fingerprint density at radius 1 is 1.12 bits per heavy atom. The number of aliphatic carboxylic acids is 1. The number of aromatic amines is 1. The third kappa shape index (κ3) is 3.94. The summed E-state index contributed by atoms with van der Waals surface area (Å²) in [6.45, 7) is 0.0485. The SMILES string of the molecule is O=C(NC(Cc1c[nH]c2cccc(O)c12)C(=O)O)OCc1ccccc1. The van der Waals surface area contributed by atoms with Gasteiger partial charge in [-0.15, -0.1) is 0 Å². The van der Waals surface area contributed by atoms with Crippen molar-refractivity contribution in [2.24, 2.45) is 0 Å². The highest BCUT2D eigenvalue weighted by Crippen LogP contribution is 2.28. The lowest BCUT2D eigenvalue weighted by atomic mass is 10.0. The largest absolute Gasteiger partial charge is 0.507 e. The summed E-state index contributed by atoms with van der Waals surface area (Å²) in [5.41, 5.74) is 2.08. The topological polar surface area (TPSA) is 112 Å². The van der Waals surface area contributed by atoms with Gasteiger partial charge in [0.25, 0.3) is 0 Å². The summed E-state index contributed by atoms with van der Waals surface area (Å²) in [7, 11) is 0. The van der Waals surface area contributed by atoms with Crippen LogP contribution in [0.2, 0.25) is 0 Å². The normalized spacial score (nSPS) is 11.8. The molecule has 3 rings (SSSR count). The maximum absolute atomic E-state index is 11.9. The summed E-state index contributed by atoms with van der Waals surface area (Å²) in [6, 6.07) is 12.9. The van der Waals surface area contributed by atoms with E-state index in [1.807, 2.05) is 18.2 Å². The fourth-order valence-electron chi connectivity index (χ4n) is 2.72. The van der Waals surface area contributed by atoms with E-state index >= 15 is 0 Å². The maximum Gasteiger partial charge on any atom is 0.408 e. The number of fused-ring (bicyclic) bond motifs is 1. The number of aromatic nitrogens is 1. The highest BCUT2D eigenvalue weighted by atomic mass is 16.5. The molecule has 0 bridgehead atoms. The van der Waals surface area contributed by atoms with Crippen LogP contribution in [-0.4, -0.2) is 33.3 Å². The van der Waals surface area contributed by atoms with E-state index in [1.54, 1.807) is 30.5 Å². The minimum atomic E-state index is -1.19. The molecule has 0 fully saturated rings. The minimum Gasteiger partial charge on any atom is -0.507 e. The molecule has 0 radical (unpaired) electrons. The van der Waals surface area contributed by atoms with Crippen LogP contribution in [0.25, 0.3) is 10.9 Å². The first-order valence-electron chi connectivity index (χ1n) is 8.02. The lowest BCUT2D eigenvalue weighted by Crippen LogP contribution is -2.42. The molecule has 1 unspecified atom stereocenters. The van der Waals surface area contributed by atoms with Crippen molar-refractivity contribution in [1.29, 1.82) is 0 Å². The van der Waals surface area contributed by atoms with Gasteiger partial charge < -0.3 is 25.3 Å². The number of ether oxygens (including phenoxy) is 1. The van der Waals surface area contributed by atoms with E-state index in [2.05, 4.69) is 10.3 Å². The molecule has 0 saturated heterocycles. The standard InChI is InChI=1S/C19H18N2O5/c22-16-8-4-7-14-17(16)13(10-20-14)9-15(18(23)24)21-19(25)26-11-12-5-2-1-3-6-12/h1-8,10,15,20,22H,9,11H2,(H,21,25)(H,23,24). The molecule has 4 N–H and O–H groups in total. The predicted molar refractivity (Wildman–Crippen MR) is 94.9 cm³/mol. The van der Waals surface area contributed by atoms with Crippen LogP contribution in [0.15, 0.2) is 54.7 Å². The Morgan fingerprint density at radius 3 is 2.62 bits per heavy atom. The fraction of sp³-hybridized carbons (Fsp3) is 0.158. The third-order valence-electron chi connectivity index (χ3n) is 3.99. The Bertz CT molecular complexity index is 920. The Balaban J connectivity index is 1.67. The molecule has 7 nitrogen and oxygen atoms in total. The van der Waals surface area contributed by atoms with Gasteiger partial charge in [0.05, 0.1) is 0 Å². The smallest absolute Gasteiger partial charge is 0.408 e. The average molecular weight is 354 g/mol. The molecular formula is C19H18N2O5. The number of aromatic hydroxyl groups is 1. The highest BCUT2D eigenvalue weighted by Gasteiger charge is 2.23. The van der Waals surface area contributed by atoms with Crippen LogP contribution in [-0.2, 0) is 22.6 Å². The maximum atomic E-state index is 11.9. The average Bonchev–Trinajstić information content (AvgIpc) is 3.04. The Labute approximate surface area is 149 Å². The number of carboxylic acids is 1. The van der Waals surface area contributed by atoms with Gasteiger partial charge in [0, 0.05) is 23.5 Å². The van der Waals surface area contributed by atoms with Gasteiger partial charge in [-0.05, 0) is 23.3 Å². The summed E-state index contributed by atoms with van der Waals surface area (Å²) in [5.74, 6) is -1.14. The van der Waals surface area contributed by atoms with Gasteiger partial charge in [0.2, 0.25) is 0 Å². The van der Waals surface area contributed by atoms with E-state index in [0.717, 1.165) is 5.56 Å². The fourth-order valence-corrected chi connectivity index (χ4v) is 2.72. The molecule has 3 aromatic rings. The first-order valence-corrected chi connectivity index (χ1v) is 8.02. The summed E-state index contributed by atoms with van der Waals surface area (Å²) >= 11 is 0. The van der Waals surface area contributed by atoms with Gasteiger partial charge in [-0.3, -0.25) is 0 Å². The number of phenolic OH excluding ortho intramolecular Hbond substituents is 1. The zero-order valence-electron chi connectivity index (χ0n) is 13.8. The van der Waals surface area contributed by atoms with Gasteiger partial charge in [-0.25, -0.2) is 9.59 Å². The highest BCUT2D eigenvalue weighted by molar-refractivity contribution is 5.90. The van der Waals surface area contributed by atoms with Gasteiger partial charge in [-0.1, -0.05) is 36.4 Å². The number of carbonyl (C=O) groups excluding carboxylic acids is 1. The van der Waals surface area contributed by atoms with Crippen molar-refractivity contribution >= 4 is 23.0 Å². The van der Waals surface area contributed by atoms with Crippen LogP contribution in [0.1, 0.15) is 11.1 Å². The van der Waals surface area contributed by atoms with E-state index in [-0.39, 0.29) is 18.8 Å². The molecule has 0 saturated carbocycles. The first kappa shape index (κ1) is 17.3. The van der Waals surface area contributed by atoms with Crippen molar-refractivity contribution in [1.82, 2.24) is 10.3 Å². The van der Waals surface area contributed by atoms with Gasteiger partial charge in [-0.2, -0.15) is 0 Å². The Kier molecular flexibility index (Phi) is 5.07. The van der Waals surface area contributed by atoms with Crippen molar-refractivity contribution < 1.29 is 24.5 Å². The van der Waals surface area contributed by atoms with E-state index < -0.39 is 18.1 Å². The lowest BCUT2D eigenvalue weighted by molar-refractivity contribution is -0.139. The molecule has 0 aliphatic rings. The van der Waals surface area contributed by atoms with Crippen LogP contribution < -0.4 is 5.32 Å². The summed E-state index contributed by atoms with van der Waals surface area (Å²) < 4.78 is 5.07. The molecule has 0 aliphatic heterocycles. The summed E-state index contributed by atoms with van der Waals surface area (Å²) in [5, 5.41) is 22.3. The van der Waals surface area contributed by atoms with Crippen molar-refractivity contribution in [3.05, 3.63) is 65.9 Å². The molecule has 1 heterocycles. The van der Waals surface area contributed by atoms with Crippen molar-refractivity contribution in [2.75, 3.05) is 0 Å². The number of hydrogen-bond acceptors (Lipinski definition) is 4. The summed E-state index contributed by atoms with van der Waals surface area (Å²) in [6.07, 6.45) is 0.815. The molecule has 0 aliphatic carbocycles. The Hall–Kier alpha value is -3.48. The number of benzene rings is 2. The first-order chi connectivity index (χ1) is 12.5. The van der Waals surface area contributed by atoms with Crippen LogP contribution in [0.3, 0.4) is 0 Å². The van der Waals surface area contributed by atoms with Crippen LogP contribution in [0, 0.1) is 0 Å². The van der Waals surface area contributed by atoms with E-state index in [1.165, 1.54) is 6.07 Å². The number of rotatable bonds is 6. The zero-order valence-corrected chi connectivity index (χ0v) is 13.8. The molecule has 1 atom stereocenters. The van der Waals surface area contributed by atoms with E-state index in [0.29, 0.717) is 16.5 Å². The molecule has 1 aromatic heterocycles. The molecule has 7 heteroatoms. The second-order valence-corrected chi connectivity index (χ2v) is 5.81. The van der Waals surface area contributed by atoms with Gasteiger partial charge >= 0.3 is 12.1 Å². The number of nitrogens with one attached hydrogen (secondary N) is 2. The molecule has 1 amide bonds. The second-order valence-electron chi connectivity index (χ2n) is 5.81. The number of H-pyrrole nitrogens is 1. The quantitative estimate of drug-likeness (QED) is 0.544. The summed E-state index contributed by atoms with van der Waals surface area (Å²) in [4.78, 5) is 26.4. The van der Waals surface area contributed by atoms with Crippen molar-refractivity contribution in [3.63, 3.8) is 0 Å². The van der Waals surface area contributed by atoms with Crippen LogP contribution in [0.5, 0.6) is 5.75 Å². The third-order valence-corrected chi connectivity index (χ3v) is 3.99. The van der Waals surface area contributed by atoms with E-state index in [9.17, 15) is 19.8 Å². The molecule has 0 spiro atoms.